The molecule has 1 aromatic rings. The number of aromatic hydroxyl groups is 1. The first-order valence-electron chi connectivity index (χ1n) is 4.03. The van der Waals surface area contributed by atoms with Crippen LogP contribution in [0.1, 0.15) is 12.0 Å². The fourth-order valence-corrected chi connectivity index (χ4v) is 1.17. The van der Waals surface area contributed by atoms with Crippen LogP contribution in [0.25, 0.3) is 0 Å². The molecule has 0 aromatic heterocycles. The summed E-state index contributed by atoms with van der Waals surface area (Å²) in [4.78, 5) is 10.8. The largest absolute Gasteiger partial charge is 0.508 e. The van der Waals surface area contributed by atoms with Crippen LogP contribution in [0.4, 0.5) is 0 Å². The van der Waals surface area contributed by atoms with Gasteiger partial charge in [-0.15, -0.1) is 0 Å². The number of phenols is 1. The van der Waals surface area contributed by atoms with Crippen LogP contribution in [-0.2, 0) is 20.3 Å². The van der Waals surface area contributed by atoms with Crippen molar-refractivity contribution >= 4 is 14.7 Å². The number of rotatable bonds is 4. The number of benzene rings is 1. The molecule has 74 valence electrons. The van der Waals surface area contributed by atoms with Crippen LogP contribution < -0.4 is 0 Å². The Labute approximate surface area is 82.8 Å². The highest BCUT2D eigenvalue weighted by atomic mass is 31.1. The van der Waals surface area contributed by atoms with Gasteiger partial charge >= 0.3 is 14.7 Å². The van der Waals surface area contributed by atoms with Crippen LogP contribution in [-0.4, -0.2) is 11.1 Å². The van der Waals surface area contributed by atoms with E-state index in [1.807, 2.05) is 0 Å². The van der Waals surface area contributed by atoms with Crippen molar-refractivity contribution in [2.45, 2.75) is 12.8 Å². The molecule has 0 saturated heterocycles. The van der Waals surface area contributed by atoms with E-state index in [0.29, 0.717) is 6.42 Å². The fourth-order valence-electron chi connectivity index (χ4n) is 0.996. The molecule has 0 unspecified atom stereocenters. The third-order valence-corrected chi connectivity index (χ3v) is 1.97. The van der Waals surface area contributed by atoms with Crippen LogP contribution in [0.5, 0.6) is 5.75 Å². The highest BCUT2D eigenvalue weighted by molar-refractivity contribution is 7.18. The molecule has 5 heteroatoms. The summed E-state index contributed by atoms with van der Waals surface area (Å²) < 4.78 is 14.1. The van der Waals surface area contributed by atoms with E-state index >= 15 is 0 Å². The molecule has 0 bridgehead atoms. The van der Waals surface area contributed by atoms with E-state index in [2.05, 4.69) is 4.52 Å². The van der Waals surface area contributed by atoms with E-state index in [0.717, 1.165) is 5.56 Å². The molecule has 1 rings (SSSR count). The lowest BCUT2D eigenvalue weighted by atomic mass is 10.1. The lowest BCUT2D eigenvalue weighted by molar-refractivity contribution is -0.133. The first-order valence-corrected chi connectivity index (χ1v) is 4.76. The number of carbonyl (C=O) groups excluding carboxylic acids is 1. The van der Waals surface area contributed by atoms with E-state index in [1.165, 1.54) is 0 Å². The Morgan fingerprint density at radius 2 is 2.00 bits per heavy atom. The van der Waals surface area contributed by atoms with E-state index < -0.39 is 14.7 Å². The van der Waals surface area contributed by atoms with Gasteiger partial charge in [-0.2, -0.15) is 0 Å². The Kier molecular flexibility index (Phi) is 4.08. The zero-order valence-corrected chi connectivity index (χ0v) is 8.24. The molecule has 4 nitrogen and oxygen atoms in total. The van der Waals surface area contributed by atoms with Gasteiger partial charge in [-0.25, -0.2) is 4.57 Å². The predicted molar refractivity (Wildman–Crippen MR) is 50.1 cm³/mol. The summed E-state index contributed by atoms with van der Waals surface area (Å²) in [5.74, 6) is -0.316. The lowest BCUT2D eigenvalue weighted by Crippen LogP contribution is -1.98. The molecule has 0 spiro atoms. The van der Waals surface area contributed by atoms with Gasteiger partial charge in [0.2, 0.25) is 0 Å². The highest BCUT2D eigenvalue weighted by Gasteiger charge is 2.03. The summed E-state index contributed by atoms with van der Waals surface area (Å²) in [6.45, 7) is 0. The number of hydrogen-bond acceptors (Lipinski definition) is 4. The van der Waals surface area contributed by atoms with E-state index in [-0.39, 0.29) is 12.2 Å². The molecule has 0 aliphatic carbocycles. The van der Waals surface area contributed by atoms with E-state index in [1.54, 1.807) is 24.3 Å². The van der Waals surface area contributed by atoms with Gasteiger partial charge in [-0.3, -0.25) is 4.79 Å². The van der Waals surface area contributed by atoms with Gasteiger partial charge in [0.05, 0.1) is 6.42 Å². The number of hydrogen-bond donors (Lipinski definition) is 1. The number of carbonyl (C=O) groups is 1. The molecule has 0 heterocycles. The maximum atomic E-state index is 10.8. The normalized spacial score (nSPS) is 10.0. The lowest BCUT2D eigenvalue weighted by Gasteiger charge is -1.99. The van der Waals surface area contributed by atoms with Crippen LogP contribution in [0.2, 0.25) is 0 Å². The van der Waals surface area contributed by atoms with Gasteiger partial charge in [-0.05, 0) is 24.1 Å². The second kappa shape index (κ2) is 5.35. The van der Waals surface area contributed by atoms with E-state index in [4.69, 9.17) is 5.11 Å². The molecular formula is C9H9O4P. The Hall–Kier alpha value is -1.41. The summed E-state index contributed by atoms with van der Waals surface area (Å²) in [6.07, 6.45) is 0.689. The van der Waals surface area contributed by atoms with Gasteiger partial charge in [0.15, 0.2) is 0 Å². The van der Waals surface area contributed by atoms with Gasteiger partial charge < -0.3 is 9.63 Å². The predicted octanol–water partition coefficient (Wildman–Crippen LogP) is 2.07. The zero-order chi connectivity index (χ0) is 10.4. The Morgan fingerprint density at radius 1 is 1.36 bits per heavy atom. The molecule has 0 aliphatic rings. The minimum atomic E-state index is -0.614. The molecule has 0 radical (unpaired) electrons. The van der Waals surface area contributed by atoms with E-state index in [9.17, 15) is 9.36 Å². The maximum Gasteiger partial charge on any atom is 0.398 e. The third kappa shape index (κ3) is 3.54. The molecule has 0 fully saturated rings. The van der Waals surface area contributed by atoms with Gasteiger partial charge in [0.1, 0.15) is 5.75 Å². The van der Waals surface area contributed by atoms with Crippen LogP contribution >= 0.6 is 8.69 Å². The highest BCUT2D eigenvalue weighted by Crippen LogP contribution is 2.11. The van der Waals surface area contributed by atoms with Crippen LogP contribution in [0.3, 0.4) is 0 Å². The molecule has 0 saturated carbocycles. The topological polar surface area (TPSA) is 63.6 Å². The third-order valence-electron chi connectivity index (χ3n) is 1.69. The van der Waals surface area contributed by atoms with Crippen molar-refractivity contribution in [3.8, 4) is 5.75 Å². The van der Waals surface area contributed by atoms with Crippen molar-refractivity contribution in [1.82, 2.24) is 0 Å². The number of aryl methyl sites for hydroxylation is 1. The molecule has 0 aliphatic heterocycles. The smallest absolute Gasteiger partial charge is 0.398 e. The summed E-state index contributed by atoms with van der Waals surface area (Å²) >= 11 is 0. The Morgan fingerprint density at radius 3 is 2.57 bits per heavy atom. The van der Waals surface area contributed by atoms with Crippen LogP contribution in [0.15, 0.2) is 24.3 Å². The summed E-state index contributed by atoms with van der Waals surface area (Å²) in [5.41, 5.74) is 0.919. The molecule has 0 amide bonds. The number of phenolic OH excluding ortho intramolecular Hbond substituents is 1. The van der Waals surface area contributed by atoms with Gasteiger partial charge in [0, 0.05) is 0 Å². The van der Waals surface area contributed by atoms with Crippen molar-refractivity contribution in [3.05, 3.63) is 29.8 Å². The monoisotopic (exact) mass is 212 g/mol. The Balaban J connectivity index is 2.41. The van der Waals surface area contributed by atoms with Gasteiger partial charge in [0.25, 0.3) is 0 Å². The fraction of sp³-hybridized carbons (Fsp3) is 0.222. The molecule has 0 atom stereocenters. The molecule has 14 heavy (non-hydrogen) atoms. The average Bonchev–Trinajstić information content (AvgIpc) is 2.17. The molecule has 1 N–H and O–H groups in total. The standard InChI is InChI=1S/C9H9O4P/c10-8-4-1-7(2-5-8)3-6-9(11)13-14-12/h1-2,4-5,10H,3,6H2. The Bertz CT molecular complexity index is 320. The maximum absolute atomic E-state index is 10.8. The second-order valence-corrected chi connectivity index (χ2v) is 3.04. The van der Waals surface area contributed by atoms with Crippen molar-refractivity contribution in [3.63, 3.8) is 0 Å². The summed E-state index contributed by atoms with van der Waals surface area (Å²) in [6, 6.07) is 6.54. The molecular weight excluding hydrogens is 203 g/mol. The van der Waals surface area contributed by atoms with Crippen LogP contribution in [0, 0.1) is 0 Å². The second-order valence-electron chi connectivity index (χ2n) is 2.70. The minimum Gasteiger partial charge on any atom is -0.508 e. The van der Waals surface area contributed by atoms with Gasteiger partial charge in [-0.1, -0.05) is 12.1 Å². The molecule has 1 aromatic carbocycles. The van der Waals surface area contributed by atoms with Crippen molar-refractivity contribution in [2.24, 2.45) is 0 Å². The minimum absolute atomic E-state index is 0.181. The van der Waals surface area contributed by atoms with Crippen molar-refractivity contribution in [1.29, 1.82) is 0 Å². The first kappa shape index (κ1) is 10.7. The SMILES string of the molecule is O=POC(=O)CCc1ccc(O)cc1. The van der Waals surface area contributed by atoms with Crippen molar-refractivity contribution in [2.75, 3.05) is 0 Å². The quantitative estimate of drug-likeness (QED) is 0.776. The first-order chi connectivity index (χ1) is 6.72. The summed E-state index contributed by atoms with van der Waals surface area (Å²) in [7, 11) is -0.614. The van der Waals surface area contributed by atoms with Crippen molar-refractivity contribution < 1.29 is 19.0 Å². The summed E-state index contributed by atoms with van der Waals surface area (Å²) in [5, 5.41) is 8.98. The zero-order valence-electron chi connectivity index (χ0n) is 7.34. The average molecular weight is 212 g/mol.